The van der Waals surface area contributed by atoms with Gasteiger partial charge in [-0.1, -0.05) is 5.92 Å². The van der Waals surface area contributed by atoms with E-state index in [1.165, 1.54) is 0 Å². The summed E-state index contributed by atoms with van der Waals surface area (Å²) in [5, 5.41) is 73.6. The molecule has 0 radical (unpaired) electrons. The summed E-state index contributed by atoms with van der Waals surface area (Å²) < 4.78 is 38.6. The van der Waals surface area contributed by atoms with E-state index in [9.17, 15) is 20.4 Å². The summed E-state index contributed by atoms with van der Waals surface area (Å²) in [6, 6.07) is 0. The first-order valence-electron chi connectivity index (χ1n) is 12.5. The minimum atomic E-state index is -1.07. The number of hydrogen-bond donors (Lipinski definition) is 8. The highest BCUT2D eigenvalue weighted by atomic mass is 16.6. The van der Waals surface area contributed by atoms with Gasteiger partial charge in [-0.25, -0.2) is 0 Å². The molecule has 0 aromatic carbocycles. The fraction of sp³-hybridized carbons (Fsp3) is 0.917. The summed E-state index contributed by atoms with van der Waals surface area (Å²) in [4.78, 5) is 0. The van der Waals surface area contributed by atoms with Gasteiger partial charge in [-0.3, -0.25) is 0 Å². The van der Waals surface area contributed by atoms with E-state index in [-0.39, 0.29) is 72.7 Å². The third-order valence-electron chi connectivity index (χ3n) is 4.74. The summed E-state index contributed by atoms with van der Waals surface area (Å²) in [6.07, 6.45) is -1.01. The lowest BCUT2D eigenvalue weighted by Crippen LogP contribution is -2.37. The molecule has 0 aromatic heterocycles. The highest BCUT2D eigenvalue weighted by Gasteiger charge is 2.20. The van der Waals surface area contributed by atoms with E-state index >= 15 is 0 Å². The third kappa shape index (κ3) is 22.3. The van der Waals surface area contributed by atoms with Crippen molar-refractivity contribution in [3.63, 3.8) is 0 Å². The summed E-state index contributed by atoms with van der Waals surface area (Å²) in [5.74, 6) is 2.35. The first kappa shape index (κ1) is 38.0. The zero-order valence-electron chi connectivity index (χ0n) is 22.2. The van der Waals surface area contributed by atoms with Crippen molar-refractivity contribution in [3.8, 4) is 12.3 Å². The molecule has 0 saturated heterocycles. The molecule has 4 atom stereocenters. The molecule has 15 nitrogen and oxygen atoms in total. The number of hydrogen-bond acceptors (Lipinski definition) is 15. The van der Waals surface area contributed by atoms with Crippen LogP contribution in [0.25, 0.3) is 0 Å². The molecule has 0 heterocycles. The number of aliphatic hydroxyl groups excluding tert-OH is 8. The SMILES string of the molecule is C#CCOC(COC(COCC(O)CO)COCC(O)CO)COC(COCC(O)CO)COCC(O)CO. The number of aliphatic hydroxyl groups is 8. The second-order valence-electron chi connectivity index (χ2n) is 8.54. The minimum Gasteiger partial charge on any atom is -0.394 e. The van der Waals surface area contributed by atoms with Gasteiger partial charge in [0.15, 0.2) is 0 Å². The van der Waals surface area contributed by atoms with E-state index in [1.54, 1.807) is 0 Å². The Morgan fingerprint density at radius 2 is 0.718 bits per heavy atom. The summed E-state index contributed by atoms with van der Waals surface area (Å²) in [7, 11) is 0. The van der Waals surface area contributed by atoms with Crippen LogP contribution in [0.2, 0.25) is 0 Å². The molecular formula is C24H46O15. The van der Waals surface area contributed by atoms with Gasteiger partial charge in [0.25, 0.3) is 0 Å². The van der Waals surface area contributed by atoms with Crippen molar-refractivity contribution in [1.82, 2.24) is 0 Å². The van der Waals surface area contributed by atoms with Crippen molar-refractivity contribution in [3.05, 3.63) is 0 Å². The van der Waals surface area contributed by atoms with E-state index in [2.05, 4.69) is 5.92 Å². The predicted octanol–water partition coefficient (Wildman–Crippen LogP) is -4.75. The highest BCUT2D eigenvalue weighted by molar-refractivity contribution is 4.83. The van der Waals surface area contributed by atoms with Gasteiger partial charge >= 0.3 is 0 Å². The quantitative estimate of drug-likeness (QED) is 0.0411. The van der Waals surface area contributed by atoms with Crippen LogP contribution in [-0.2, 0) is 33.2 Å². The molecule has 15 heteroatoms. The standard InChI is InChI=1S/C24H46O15/c1-2-3-37-24(16-38-22(12-33-8-18(29)4-25)13-34-9-19(30)5-26)17-39-23(14-35-10-20(31)6-27)15-36-11-21(32)7-28/h1,18-32H,3-17H2. The molecule has 4 unspecified atom stereocenters. The Balaban J connectivity index is 5.01. The van der Waals surface area contributed by atoms with Crippen LogP contribution in [0.3, 0.4) is 0 Å². The Hall–Kier alpha value is -1.04. The minimum absolute atomic E-state index is 0.0281. The zero-order chi connectivity index (χ0) is 29.3. The topological polar surface area (TPSA) is 226 Å². The van der Waals surface area contributed by atoms with E-state index in [4.69, 9.17) is 60.0 Å². The van der Waals surface area contributed by atoms with E-state index < -0.39 is 69.2 Å². The van der Waals surface area contributed by atoms with Crippen molar-refractivity contribution in [1.29, 1.82) is 0 Å². The lowest BCUT2D eigenvalue weighted by Gasteiger charge is -2.25. The largest absolute Gasteiger partial charge is 0.394 e. The normalized spacial score (nSPS) is 17.2. The maximum atomic E-state index is 9.46. The second kappa shape index (κ2) is 25.9. The molecule has 0 spiro atoms. The number of rotatable bonds is 28. The fourth-order valence-corrected chi connectivity index (χ4v) is 2.64. The third-order valence-corrected chi connectivity index (χ3v) is 4.74. The van der Waals surface area contributed by atoms with Gasteiger partial charge in [0, 0.05) is 0 Å². The summed E-state index contributed by atoms with van der Waals surface area (Å²) >= 11 is 0. The van der Waals surface area contributed by atoms with Crippen LogP contribution in [0, 0.1) is 12.3 Å². The van der Waals surface area contributed by atoms with Gasteiger partial charge in [0.05, 0.1) is 92.5 Å². The molecule has 8 N–H and O–H groups in total. The Labute approximate surface area is 228 Å². The van der Waals surface area contributed by atoms with Crippen LogP contribution >= 0.6 is 0 Å². The molecular weight excluding hydrogens is 528 g/mol. The Morgan fingerprint density at radius 1 is 0.436 bits per heavy atom. The van der Waals surface area contributed by atoms with E-state index in [0.29, 0.717) is 0 Å². The average Bonchev–Trinajstić information content (AvgIpc) is 2.95. The van der Waals surface area contributed by atoms with E-state index in [1.807, 2.05) is 0 Å². The molecule has 0 rings (SSSR count). The predicted molar refractivity (Wildman–Crippen MR) is 134 cm³/mol. The van der Waals surface area contributed by atoms with Crippen LogP contribution in [0.15, 0.2) is 0 Å². The molecule has 232 valence electrons. The van der Waals surface area contributed by atoms with Gasteiger partial charge in [-0.2, -0.15) is 0 Å². The van der Waals surface area contributed by atoms with Crippen molar-refractivity contribution in [2.24, 2.45) is 0 Å². The Morgan fingerprint density at radius 3 is 0.974 bits per heavy atom. The number of terminal acetylenes is 1. The lowest BCUT2D eigenvalue weighted by atomic mass is 10.3. The molecule has 0 aliphatic heterocycles. The molecule has 0 amide bonds. The van der Waals surface area contributed by atoms with Crippen LogP contribution in [0.1, 0.15) is 0 Å². The molecule has 0 saturated carbocycles. The summed E-state index contributed by atoms with van der Waals surface area (Å²) in [6.45, 7) is -2.72. The number of ether oxygens (including phenoxy) is 7. The van der Waals surface area contributed by atoms with Gasteiger partial charge in [0.1, 0.15) is 49.3 Å². The Bertz CT molecular complexity index is 506. The molecule has 0 bridgehead atoms. The molecule has 0 aromatic rings. The highest BCUT2D eigenvalue weighted by Crippen LogP contribution is 2.06. The fourth-order valence-electron chi connectivity index (χ4n) is 2.64. The van der Waals surface area contributed by atoms with Gasteiger partial charge < -0.3 is 74.0 Å². The van der Waals surface area contributed by atoms with Gasteiger partial charge in [-0.05, 0) is 0 Å². The van der Waals surface area contributed by atoms with Crippen molar-refractivity contribution in [2.75, 3.05) is 99.1 Å². The summed E-state index contributed by atoms with van der Waals surface area (Å²) in [5.41, 5.74) is 0. The zero-order valence-corrected chi connectivity index (χ0v) is 22.2. The molecule has 0 fully saturated rings. The lowest BCUT2D eigenvalue weighted by molar-refractivity contribution is -0.136. The maximum absolute atomic E-state index is 9.46. The molecule has 39 heavy (non-hydrogen) atoms. The van der Waals surface area contributed by atoms with Crippen molar-refractivity contribution in [2.45, 2.75) is 42.7 Å². The maximum Gasteiger partial charge on any atom is 0.108 e. The van der Waals surface area contributed by atoms with Gasteiger partial charge in [0.2, 0.25) is 0 Å². The smallest absolute Gasteiger partial charge is 0.108 e. The second-order valence-corrected chi connectivity index (χ2v) is 8.54. The molecule has 0 aliphatic carbocycles. The van der Waals surface area contributed by atoms with Crippen LogP contribution in [-0.4, -0.2) is 183 Å². The van der Waals surface area contributed by atoms with Crippen molar-refractivity contribution < 1.29 is 74.0 Å². The first-order valence-corrected chi connectivity index (χ1v) is 12.5. The Kier molecular flexibility index (Phi) is 25.2. The van der Waals surface area contributed by atoms with Crippen LogP contribution in [0.5, 0.6) is 0 Å². The van der Waals surface area contributed by atoms with Gasteiger partial charge in [-0.15, -0.1) is 6.42 Å². The monoisotopic (exact) mass is 574 g/mol. The average molecular weight is 575 g/mol. The van der Waals surface area contributed by atoms with Crippen molar-refractivity contribution >= 4 is 0 Å². The molecule has 0 aliphatic rings. The first-order chi connectivity index (χ1) is 18.8. The van der Waals surface area contributed by atoms with Crippen LogP contribution in [0.4, 0.5) is 0 Å². The van der Waals surface area contributed by atoms with Crippen LogP contribution < -0.4 is 0 Å². The van der Waals surface area contributed by atoms with E-state index in [0.717, 1.165) is 0 Å².